The number of nitrogens with one attached hydrogen (secondary N) is 2. The molecule has 0 amide bonds. The smallest absolute Gasteiger partial charge is 0.0446 e. The van der Waals surface area contributed by atoms with Crippen LogP contribution < -0.4 is 10.6 Å². The van der Waals surface area contributed by atoms with Crippen LogP contribution in [0.15, 0.2) is 0 Å². The highest BCUT2D eigenvalue weighted by Gasteiger charge is 2.21. The Balaban J connectivity index is 2.32. The summed E-state index contributed by atoms with van der Waals surface area (Å²) in [7, 11) is 0. The van der Waals surface area contributed by atoms with Gasteiger partial charge in [-0.2, -0.15) is 0 Å². The SMILES string of the molecule is CCN[C@H](CCO)[C@@H]1CCCCN1. The molecule has 0 unspecified atom stereocenters. The van der Waals surface area contributed by atoms with E-state index >= 15 is 0 Å². The molecule has 1 fully saturated rings. The van der Waals surface area contributed by atoms with Crippen molar-refractivity contribution in [3.63, 3.8) is 0 Å². The fourth-order valence-electron chi connectivity index (χ4n) is 2.07. The van der Waals surface area contributed by atoms with Gasteiger partial charge in [0.25, 0.3) is 0 Å². The lowest BCUT2D eigenvalue weighted by Gasteiger charge is -2.31. The van der Waals surface area contributed by atoms with E-state index < -0.39 is 0 Å². The van der Waals surface area contributed by atoms with Crippen LogP contribution >= 0.6 is 0 Å². The van der Waals surface area contributed by atoms with E-state index in [-0.39, 0.29) is 6.61 Å². The predicted octanol–water partition coefficient (Wildman–Crippen LogP) is 0.489. The summed E-state index contributed by atoms with van der Waals surface area (Å²) in [4.78, 5) is 0. The fraction of sp³-hybridized carbons (Fsp3) is 1.00. The molecule has 0 radical (unpaired) electrons. The lowest BCUT2D eigenvalue weighted by Crippen LogP contribution is -2.50. The summed E-state index contributed by atoms with van der Waals surface area (Å²) in [6, 6.07) is 1.02. The molecule has 1 saturated heterocycles. The van der Waals surface area contributed by atoms with Crippen LogP contribution in [-0.4, -0.2) is 36.9 Å². The minimum Gasteiger partial charge on any atom is -0.396 e. The first-order valence-electron chi connectivity index (χ1n) is 5.46. The van der Waals surface area contributed by atoms with Crippen LogP contribution in [0, 0.1) is 0 Å². The minimum absolute atomic E-state index is 0.288. The van der Waals surface area contributed by atoms with Gasteiger partial charge in [-0.3, -0.25) is 0 Å². The summed E-state index contributed by atoms with van der Waals surface area (Å²) in [5.74, 6) is 0. The molecule has 0 saturated carbocycles. The molecule has 0 spiro atoms. The van der Waals surface area contributed by atoms with Gasteiger partial charge in [-0.25, -0.2) is 0 Å². The average molecular weight is 186 g/mol. The molecule has 1 aliphatic heterocycles. The van der Waals surface area contributed by atoms with E-state index in [4.69, 9.17) is 5.11 Å². The molecule has 1 aliphatic rings. The zero-order valence-corrected chi connectivity index (χ0v) is 8.55. The molecule has 13 heavy (non-hydrogen) atoms. The van der Waals surface area contributed by atoms with Gasteiger partial charge in [-0.05, 0) is 32.4 Å². The topological polar surface area (TPSA) is 44.3 Å². The maximum Gasteiger partial charge on any atom is 0.0446 e. The van der Waals surface area contributed by atoms with E-state index in [1.54, 1.807) is 0 Å². The van der Waals surface area contributed by atoms with E-state index in [0.717, 1.165) is 19.5 Å². The van der Waals surface area contributed by atoms with Crippen LogP contribution in [0.1, 0.15) is 32.6 Å². The Bertz CT molecular complexity index is 118. The van der Waals surface area contributed by atoms with Crippen LogP contribution in [0.3, 0.4) is 0 Å². The third-order valence-electron chi connectivity index (χ3n) is 2.74. The predicted molar refractivity (Wildman–Crippen MR) is 54.8 cm³/mol. The van der Waals surface area contributed by atoms with Crippen LogP contribution in [0.4, 0.5) is 0 Å². The van der Waals surface area contributed by atoms with Gasteiger partial charge in [-0.1, -0.05) is 13.3 Å². The lowest BCUT2D eigenvalue weighted by atomic mass is 9.96. The van der Waals surface area contributed by atoms with Crippen molar-refractivity contribution in [2.45, 2.75) is 44.7 Å². The summed E-state index contributed by atoms with van der Waals surface area (Å²) in [6.45, 7) is 4.53. The molecule has 3 N–H and O–H groups in total. The average Bonchev–Trinajstić information content (AvgIpc) is 2.19. The van der Waals surface area contributed by atoms with Gasteiger partial charge < -0.3 is 15.7 Å². The zero-order valence-electron chi connectivity index (χ0n) is 8.55. The van der Waals surface area contributed by atoms with Crippen LogP contribution in [0.2, 0.25) is 0 Å². The van der Waals surface area contributed by atoms with E-state index in [9.17, 15) is 0 Å². The molecule has 1 rings (SSSR count). The Morgan fingerprint density at radius 2 is 2.38 bits per heavy atom. The first kappa shape index (κ1) is 11.0. The zero-order chi connectivity index (χ0) is 9.52. The van der Waals surface area contributed by atoms with Gasteiger partial charge in [0.1, 0.15) is 0 Å². The highest BCUT2D eigenvalue weighted by Crippen LogP contribution is 2.12. The number of piperidine rings is 1. The number of hydrogen-bond donors (Lipinski definition) is 3. The molecule has 78 valence electrons. The van der Waals surface area contributed by atoms with Crippen molar-refractivity contribution in [2.24, 2.45) is 0 Å². The number of rotatable bonds is 5. The number of aliphatic hydroxyl groups is 1. The van der Waals surface area contributed by atoms with Gasteiger partial charge in [0.2, 0.25) is 0 Å². The van der Waals surface area contributed by atoms with Crippen molar-refractivity contribution in [2.75, 3.05) is 19.7 Å². The third-order valence-corrected chi connectivity index (χ3v) is 2.74. The second kappa shape index (κ2) is 6.35. The van der Waals surface area contributed by atoms with Crippen LogP contribution in [-0.2, 0) is 0 Å². The Kier molecular flexibility index (Phi) is 5.35. The second-order valence-electron chi connectivity index (χ2n) is 3.73. The van der Waals surface area contributed by atoms with Gasteiger partial charge in [0.05, 0.1) is 0 Å². The first-order chi connectivity index (χ1) is 6.38. The summed E-state index contributed by atoms with van der Waals surface area (Å²) in [6.07, 6.45) is 4.74. The third kappa shape index (κ3) is 3.63. The number of likely N-dealkylation sites (N-methyl/N-ethyl adjacent to an activating group) is 1. The Morgan fingerprint density at radius 3 is 2.92 bits per heavy atom. The van der Waals surface area contributed by atoms with E-state index in [1.165, 1.54) is 19.3 Å². The van der Waals surface area contributed by atoms with E-state index in [2.05, 4.69) is 17.6 Å². The highest BCUT2D eigenvalue weighted by atomic mass is 16.3. The van der Waals surface area contributed by atoms with Crippen molar-refractivity contribution < 1.29 is 5.11 Å². The first-order valence-corrected chi connectivity index (χ1v) is 5.46. The second-order valence-corrected chi connectivity index (χ2v) is 3.73. The summed E-state index contributed by atoms with van der Waals surface area (Å²) in [5.41, 5.74) is 0. The summed E-state index contributed by atoms with van der Waals surface area (Å²) >= 11 is 0. The Morgan fingerprint density at radius 1 is 1.54 bits per heavy atom. The van der Waals surface area contributed by atoms with Crippen molar-refractivity contribution in [1.29, 1.82) is 0 Å². The lowest BCUT2D eigenvalue weighted by molar-refractivity contribution is 0.230. The summed E-state index contributed by atoms with van der Waals surface area (Å²) in [5, 5.41) is 15.9. The van der Waals surface area contributed by atoms with Gasteiger partial charge in [-0.15, -0.1) is 0 Å². The summed E-state index contributed by atoms with van der Waals surface area (Å²) < 4.78 is 0. The van der Waals surface area contributed by atoms with Crippen LogP contribution in [0.5, 0.6) is 0 Å². The minimum atomic E-state index is 0.288. The monoisotopic (exact) mass is 186 g/mol. The standard InChI is InChI=1S/C10H22N2O/c1-2-11-10(6-8-13)9-5-3-4-7-12-9/h9-13H,2-8H2,1H3/t9-,10+/m0/s1. The molecule has 1 heterocycles. The van der Waals surface area contributed by atoms with Crippen LogP contribution in [0.25, 0.3) is 0 Å². The maximum atomic E-state index is 8.93. The fourth-order valence-corrected chi connectivity index (χ4v) is 2.07. The van der Waals surface area contributed by atoms with Gasteiger partial charge in [0.15, 0.2) is 0 Å². The Hall–Kier alpha value is -0.120. The maximum absolute atomic E-state index is 8.93. The van der Waals surface area contributed by atoms with Crippen molar-refractivity contribution >= 4 is 0 Å². The van der Waals surface area contributed by atoms with Crippen molar-refractivity contribution in [1.82, 2.24) is 10.6 Å². The van der Waals surface area contributed by atoms with E-state index in [1.807, 2.05) is 0 Å². The number of aliphatic hydroxyl groups excluding tert-OH is 1. The normalized spacial score (nSPS) is 25.8. The molecule has 0 aromatic rings. The van der Waals surface area contributed by atoms with Gasteiger partial charge in [0, 0.05) is 18.7 Å². The van der Waals surface area contributed by atoms with Crippen molar-refractivity contribution in [3.05, 3.63) is 0 Å². The molecular formula is C10H22N2O. The Labute approximate surface area is 80.9 Å². The largest absolute Gasteiger partial charge is 0.396 e. The van der Waals surface area contributed by atoms with Gasteiger partial charge >= 0.3 is 0 Å². The molecule has 0 aromatic carbocycles. The number of hydrogen-bond acceptors (Lipinski definition) is 3. The van der Waals surface area contributed by atoms with Crippen molar-refractivity contribution in [3.8, 4) is 0 Å². The molecular weight excluding hydrogens is 164 g/mol. The molecule has 0 aliphatic carbocycles. The molecule has 3 nitrogen and oxygen atoms in total. The molecule has 2 atom stereocenters. The molecule has 0 aromatic heterocycles. The highest BCUT2D eigenvalue weighted by molar-refractivity contribution is 4.84. The van der Waals surface area contributed by atoms with E-state index in [0.29, 0.717) is 12.1 Å². The molecule has 3 heteroatoms. The molecule has 0 bridgehead atoms. The quantitative estimate of drug-likeness (QED) is 0.585.